The number of benzene rings is 1. The summed E-state index contributed by atoms with van der Waals surface area (Å²) in [6, 6.07) is 5.65. The summed E-state index contributed by atoms with van der Waals surface area (Å²) in [6.07, 6.45) is 0.120. The average Bonchev–Trinajstić information content (AvgIpc) is 2.38. The maximum absolute atomic E-state index is 12.8. The predicted molar refractivity (Wildman–Crippen MR) is 68.0 cm³/mol. The van der Waals surface area contributed by atoms with Gasteiger partial charge in [-0.25, -0.2) is 9.18 Å². The molecule has 0 aliphatic rings. The summed E-state index contributed by atoms with van der Waals surface area (Å²) >= 11 is 0. The summed E-state index contributed by atoms with van der Waals surface area (Å²) < 4.78 is 22.8. The van der Waals surface area contributed by atoms with Crippen LogP contribution in [-0.4, -0.2) is 43.3 Å². The van der Waals surface area contributed by atoms with Gasteiger partial charge in [-0.2, -0.15) is 0 Å². The van der Waals surface area contributed by atoms with E-state index in [1.54, 1.807) is 6.07 Å². The molecule has 1 aromatic rings. The highest BCUT2D eigenvalue weighted by atomic mass is 19.1. The van der Waals surface area contributed by atoms with Gasteiger partial charge in [-0.1, -0.05) is 6.07 Å². The van der Waals surface area contributed by atoms with Crippen molar-refractivity contribution in [2.45, 2.75) is 6.42 Å². The minimum atomic E-state index is -1.06. The van der Waals surface area contributed by atoms with Gasteiger partial charge in [0.2, 0.25) is 5.91 Å². The van der Waals surface area contributed by atoms with Crippen LogP contribution < -0.4 is 10.1 Å². The van der Waals surface area contributed by atoms with Crippen molar-refractivity contribution in [3.8, 4) is 5.75 Å². The number of carbonyl (C=O) groups excluding carboxylic acids is 1. The van der Waals surface area contributed by atoms with Gasteiger partial charge >= 0.3 is 5.97 Å². The van der Waals surface area contributed by atoms with E-state index in [4.69, 9.17) is 14.6 Å². The largest absolute Gasteiger partial charge is 0.493 e. The van der Waals surface area contributed by atoms with E-state index in [9.17, 15) is 14.0 Å². The first kappa shape index (κ1) is 15.9. The van der Waals surface area contributed by atoms with E-state index in [-0.39, 0.29) is 32.1 Å². The van der Waals surface area contributed by atoms with Gasteiger partial charge in [0, 0.05) is 12.6 Å². The van der Waals surface area contributed by atoms with Crippen LogP contribution in [0.2, 0.25) is 0 Å². The third kappa shape index (κ3) is 7.32. The summed E-state index contributed by atoms with van der Waals surface area (Å²) in [5.74, 6) is -1.34. The lowest BCUT2D eigenvalue weighted by Crippen LogP contribution is -2.29. The van der Waals surface area contributed by atoms with E-state index in [1.165, 1.54) is 18.2 Å². The summed E-state index contributed by atoms with van der Waals surface area (Å²) in [5.41, 5.74) is 0. The van der Waals surface area contributed by atoms with Gasteiger partial charge in [-0.05, 0) is 12.1 Å². The van der Waals surface area contributed by atoms with E-state index in [2.05, 4.69) is 5.32 Å². The number of nitrogens with one attached hydrogen (secondary N) is 1. The molecule has 0 saturated carbocycles. The number of hydrogen-bond donors (Lipinski definition) is 2. The fourth-order valence-electron chi connectivity index (χ4n) is 1.33. The van der Waals surface area contributed by atoms with Crippen molar-refractivity contribution in [2.24, 2.45) is 0 Å². The molecule has 0 spiro atoms. The van der Waals surface area contributed by atoms with Crippen molar-refractivity contribution in [3.63, 3.8) is 0 Å². The molecule has 1 rings (SSSR count). The lowest BCUT2D eigenvalue weighted by molar-refractivity contribution is -0.142. The molecule has 0 aromatic heterocycles. The fraction of sp³-hybridized carbons (Fsp3) is 0.385. The molecule has 0 aliphatic carbocycles. The molecule has 1 amide bonds. The standard InChI is InChI=1S/C13H16FNO5/c14-10-2-1-3-11(8-10)20-6-4-12(16)15-5-7-19-9-13(17)18/h1-3,8H,4-7,9H2,(H,15,16)(H,17,18). The number of amides is 1. The highest BCUT2D eigenvalue weighted by molar-refractivity contribution is 5.75. The highest BCUT2D eigenvalue weighted by Gasteiger charge is 2.02. The first-order valence-electron chi connectivity index (χ1n) is 6.02. The van der Waals surface area contributed by atoms with Crippen LogP contribution >= 0.6 is 0 Å². The smallest absolute Gasteiger partial charge is 0.329 e. The van der Waals surface area contributed by atoms with Crippen LogP contribution in [0.4, 0.5) is 4.39 Å². The van der Waals surface area contributed by atoms with Crippen molar-refractivity contribution in [1.29, 1.82) is 0 Å². The molecule has 20 heavy (non-hydrogen) atoms. The van der Waals surface area contributed by atoms with Crippen LogP contribution in [-0.2, 0) is 14.3 Å². The van der Waals surface area contributed by atoms with E-state index >= 15 is 0 Å². The summed E-state index contributed by atoms with van der Waals surface area (Å²) in [7, 11) is 0. The Labute approximate surface area is 115 Å². The Hall–Kier alpha value is -2.15. The van der Waals surface area contributed by atoms with Crippen molar-refractivity contribution in [2.75, 3.05) is 26.4 Å². The lowest BCUT2D eigenvalue weighted by Gasteiger charge is -2.07. The number of carboxylic acids is 1. The van der Waals surface area contributed by atoms with Gasteiger partial charge < -0.3 is 19.9 Å². The minimum Gasteiger partial charge on any atom is -0.493 e. The molecular weight excluding hydrogens is 269 g/mol. The molecule has 0 heterocycles. The summed E-state index contributed by atoms with van der Waals surface area (Å²) in [5, 5.41) is 10.9. The van der Waals surface area contributed by atoms with E-state index < -0.39 is 18.4 Å². The molecule has 2 N–H and O–H groups in total. The molecule has 0 bridgehead atoms. The maximum Gasteiger partial charge on any atom is 0.329 e. The lowest BCUT2D eigenvalue weighted by atomic mass is 10.3. The first-order valence-corrected chi connectivity index (χ1v) is 6.02. The van der Waals surface area contributed by atoms with E-state index in [0.29, 0.717) is 5.75 Å². The number of halogens is 1. The normalized spacial score (nSPS) is 10.1. The molecule has 0 fully saturated rings. The predicted octanol–water partition coefficient (Wildman–Crippen LogP) is 0.812. The minimum absolute atomic E-state index is 0.120. The molecule has 0 saturated heterocycles. The topological polar surface area (TPSA) is 84.9 Å². The number of aliphatic carboxylic acids is 1. The number of hydrogen-bond acceptors (Lipinski definition) is 4. The molecule has 0 radical (unpaired) electrons. The molecule has 7 heteroatoms. The Bertz CT molecular complexity index is 452. The van der Waals surface area contributed by atoms with Gasteiger partial charge in [0.05, 0.1) is 19.6 Å². The quantitative estimate of drug-likeness (QED) is 0.656. The molecular formula is C13H16FNO5. The second kappa shape index (κ2) is 8.87. The summed E-state index contributed by atoms with van der Waals surface area (Å²) in [4.78, 5) is 21.5. The SMILES string of the molecule is O=C(O)COCCNC(=O)CCOc1cccc(F)c1. The molecule has 0 unspecified atom stereocenters. The second-order valence-corrected chi connectivity index (χ2v) is 3.85. The van der Waals surface area contributed by atoms with Crippen molar-refractivity contribution < 1.29 is 28.6 Å². The van der Waals surface area contributed by atoms with Crippen LogP contribution in [0.3, 0.4) is 0 Å². The zero-order valence-corrected chi connectivity index (χ0v) is 10.8. The molecule has 1 aromatic carbocycles. The molecule has 0 aliphatic heterocycles. The second-order valence-electron chi connectivity index (χ2n) is 3.85. The Kier molecular flexibility index (Phi) is 7.05. The Morgan fingerprint density at radius 2 is 2.10 bits per heavy atom. The number of ether oxygens (including phenoxy) is 2. The fourth-order valence-corrected chi connectivity index (χ4v) is 1.33. The first-order chi connectivity index (χ1) is 9.58. The molecule has 6 nitrogen and oxygen atoms in total. The Morgan fingerprint density at radius 1 is 1.30 bits per heavy atom. The summed E-state index contributed by atoms with van der Waals surface area (Å²) in [6.45, 7) is 0.0959. The third-order valence-corrected chi connectivity index (χ3v) is 2.19. The average molecular weight is 285 g/mol. The molecule has 110 valence electrons. The van der Waals surface area contributed by atoms with Crippen molar-refractivity contribution >= 4 is 11.9 Å². The van der Waals surface area contributed by atoms with Crippen LogP contribution in [0.15, 0.2) is 24.3 Å². The number of rotatable bonds is 9. The number of carboxylic acid groups (broad SMARTS) is 1. The van der Waals surface area contributed by atoms with Crippen molar-refractivity contribution in [3.05, 3.63) is 30.1 Å². The van der Waals surface area contributed by atoms with Gasteiger partial charge in [-0.15, -0.1) is 0 Å². The number of carbonyl (C=O) groups is 2. The third-order valence-electron chi connectivity index (χ3n) is 2.19. The maximum atomic E-state index is 12.8. The zero-order chi connectivity index (χ0) is 14.8. The van der Waals surface area contributed by atoms with Crippen LogP contribution in [0.25, 0.3) is 0 Å². The van der Waals surface area contributed by atoms with E-state index in [0.717, 1.165) is 0 Å². The van der Waals surface area contributed by atoms with Gasteiger partial charge in [-0.3, -0.25) is 4.79 Å². The van der Waals surface area contributed by atoms with Crippen LogP contribution in [0.1, 0.15) is 6.42 Å². The molecule has 0 atom stereocenters. The monoisotopic (exact) mass is 285 g/mol. The van der Waals surface area contributed by atoms with Gasteiger partial charge in [0.25, 0.3) is 0 Å². The Balaban J connectivity index is 2.07. The van der Waals surface area contributed by atoms with Gasteiger partial charge in [0.15, 0.2) is 0 Å². The van der Waals surface area contributed by atoms with E-state index in [1.807, 2.05) is 0 Å². The van der Waals surface area contributed by atoms with Crippen LogP contribution in [0.5, 0.6) is 5.75 Å². The van der Waals surface area contributed by atoms with Crippen molar-refractivity contribution in [1.82, 2.24) is 5.32 Å². The zero-order valence-electron chi connectivity index (χ0n) is 10.8. The van der Waals surface area contributed by atoms with Crippen LogP contribution in [0, 0.1) is 5.82 Å². The highest BCUT2D eigenvalue weighted by Crippen LogP contribution is 2.11. The Morgan fingerprint density at radius 3 is 2.80 bits per heavy atom. The van der Waals surface area contributed by atoms with Gasteiger partial charge in [0.1, 0.15) is 18.2 Å².